The zero-order valence-corrected chi connectivity index (χ0v) is 26.6. The van der Waals surface area contributed by atoms with E-state index in [9.17, 15) is 14.7 Å². The molecule has 7 heteroatoms. The number of ether oxygens (including phenoxy) is 2. The molecule has 2 saturated carbocycles. The van der Waals surface area contributed by atoms with Crippen molar-refractivity contribution in [3.05, 3.63) is 58.1 Å². The van der Waals surface area contributed by atoms with Crippen molar-refractivity contribution >= 4 is 11.9 Å². The number of benzene rings is 2. The number of esters is 1. The Hall–Kier alpha value is -3.50. The Kier molecular flexibility index (Phi) is 7.01. The smallest absolute Gasteiger partial charge is 0.303 e. The molecule has 1 saturated heterocycles. The summed E-state index contributed by atoms with van der Waals surface area (Å²) in [5, 5.41) is 11.1. The minimum absolute atomic E-state index is 0.0228. The third-order valence-corrected chi connectivity index (χ3v) is 11.1. The van der Waals surface area contributed by atoms with E-state index in [-0.39, 0.29) is 35.6 Å². The van der Waals surface area contributed by atoms with Crippen LogP contribution in [0.2, 0.25) is 0 Å². The summed E-state index contributed by atoms with van der Waals surface area (Å²) in [5.74, 6) is 7.12. The molecule has 2 heterocycles. The topological polar surface area (TPSA) is 79.3 Å². The highest BCUT2D eigenvalue weighted by Crippen LogP contribution is 2.67. The lowest BCUT2D eigenvalue weighted by Gasteiger charge is -2.65. The number of phenolic OH excluding ortho intramolecular Hbond substituents is 1. The van der Waals surface area contributed by atoms with Crippen LogP contribution in [0.1, 0.15) is 80.7 Å². The fourth-order valence-corrected chi connectivity index (χ4v) is 8.99. The lowest BCUT2D eigenvalue weighted by atomic mass is 9.48. The van der Waals surface area contributed by atoms with Gasteiger partial charge in [0.25, 0.3) is 5.91 Å². The Morgan fingerprint density at radius 3 is 2.64 bits per heavy atom. The molecule has 1 spiro atoms. The number of carbonyl (C=O) groups excluding carboxylic acids is 2. The molecule has 5 aliphatic rings. The molecular formula is C37H44N2O5. The molecule has 2 aromatic carbocycles. The first-order valence-electron chi connectivity index (χ1n) is 16.4. The first-order chi connectivity index (χ1) is 21.0. The molecule has 232 valence electrons. The van der Waals surface area contributed by atoms with Gasteiger partial charge in [-0.15, -0.1) is 0 Å². The standard InChI is InChI=1S/C37H44N2O5/c1-22(2)20-39(32(42)13-10-26-7-6-23(3)24(4)18-26)29-14-15-37(44-25(5)40)31-19-28-11-12-30(41)34-33(28)36(37,35(29)43-34)16-17-38(31)21-27-8-9-27/h6-7,11-12,18,22,27,29,31,35,41H,8-9,14-17,19-21H2,1-5H3/t29-,31-,35+,36+,37-/m1/s1. The van der Waals surface area contributed by atoms with Gasteiger partial charge < -0.3 is 19.5 Å². The number of phenols is 1. The van der Waals surface area contributed by atoms with Gasteiger partial charge in [0, 0.05) is 37.1 Å². The minimum atomic E-state index is -0.795. The highest BCUT2D eigenvalue weighted by Gasteiger charge is 2.75. The molecule has 1 amide bonds. The van der Waals surface area contributed by atoms with Crippen LogP contribution >= 0.6 is 0 Å². The van der Waals surface area contributed by atoms with Gasteiger partial charge in [0.05, 0.1) is 17.5 Å². The summed E-state index contributed by atoms with van der Waals surface area (Å²) >= 11 is 0. The molecule has 0 aromatic heterocycles. The van der Waals surface area contributed by atoms with E-state index in [0.29, 0.717) is 31.1 Å². The van der Waals surface area contributed by atoms with E-state index in [4.69, 9.17) is 9.47 Å². The highest BCUT2D eigenvalue weighted by molar-refractivity contribution is 5.94. The van der Waals surface area contributed by atoms with Crippen molar-refractivity contribution in [1.82, 2.24) is 9.80 Å². The second-order valence-electron chi connectivity index (χ2n) is 14.4. The number of amides is 1. The molecule has 7 rings (SSSR count). The molecule has 1 N–H and O–H groups in total. The Morgan fingerprint density at radius 1 is 1.14 bits per heavy atom. The van der Waals surface area contributed by atoms with Gasteiger partial charge >= 0.3 is 5.97 Å². The zero-order valence-electron chi connectivity index (χ0n) is 26.6. The predicted octanol–water partition coefficient (Wildman–Crippen LogP) is 5.05. The molecule has 2 bridgehead atoms. The largest absolute Gasteiger partial charge is 0.504 e. The molecule has 5 atom stereocenters. The molecule has 2 aromatic rings. The Morgan fingerprint density at radius 2 is 1.93 bits per heavy atom. The summed E-state index contributed by atoms with van der Waals surface area (Å²) in [4.78, 5) is 31.5. The van der Waals surface area contributed by atoms with Gasteiger partial charge in [0.2, 0.25) is 0 Å². The molecule has 44 heavy (non-hydrogen) atoms. The normalized spacial score (nSPS) is 29.7. The van der Waals surface area contributed by atoms with Crippen molar-refractivity contribution in [2.24, 2.45) is 11.8 Å². The summed E-state index contributed by atoms with van der Waals surface area (Å²) in [5.41, 5.74) is 3.85. The van der Waals surface area contributed by atoms with Crippen molar-refractivity contribution in [3.63, 3.8) is 0 Å². The van der Waals surface area contributed by atoms with Crippen LogP contribution in [0.5, 0.6) is 11.5 Å². The Labute approximate surface area is 260 Å². The lowest BCUT2D eigenvalue weighted by molar-refractivity contribution is -0.224. The average Bonchev–Trinajstić information content (AvgIpc) is 3.72. The maximum atomic E-state index is 14.1. The predicted molar refractivity (Wildman–Crippen MR) is 167 cm³/mol. The first kappa shape index (κ1) is 29.2. The summed E-state index contributed by atoms with van der Waals surface area (Å²) in [6.07, 6.45) is 4.80. The van der Waals surface area contributed by atoms with E-state index in [1.807, 2.05) is 29.2 Å². The van der Waals surface area contributed by atoms with Crippen LogP contribution in [-0.2, 0) is 26.2 Å². The van der Waals surface area contributed by atoms with Crippen LogP contribution in [0.15, 0.2) is 30.3 Å². The summed E-state index contributed by atoms with van der Waals surface area (Å²) in [6, 6.07) is 9.53. The van der Waals surface area contributed by atoms with E-state index in [1.54, 1.807) is 6.07 Å². The van der Waals surface area contributed by atoms with Crippen LogP contribution < -0.4 is 4.74 Å². The molecular weight excluding hydrogens is 552 g/mol. The summed E-state index contributed by atoms with van der Waals surface area (Å²) in [6.45, 7) is 12.3. The van der Waals surface area contributed by atoms with Gasteiger partial charge in [0.1, 0.15) is 11.7 Å². The number of carbonyl (C=O) groups is 2. The lowest BCUT2D eigenvalue weighted by Crippen LogP contribution is -2.79. The van der Waals surface area contributed by atoms with Crippen molar-refractivity contribution < 1.29 is 24.2 Å². The van der Waals surface area contributed by atoms with Gasteiger partial charge in [-0.2, -0.15) is 0 Å². The van der Waals surface area contributed by atoms with E-state index in [2.05, 4.69) is 44.4 Å². The average molecular weight is 597 g/mol. The van der Waals surface area contributed by atoms with E-state index >= 15 is 0 Å². The number of aryl methyl sites for hydroxylation is 2. The molecule has 3 aliphatic carbocycles. The van der Waals surface area contributed by atoms with Crippen molar-refractivity contribution in [3.8, 4) is 23.3 Å². The van der Waals surface area contributed by atoms with Crippen molar-refractivity contribution in [1.29, 1.82) is 0 Å². The van der Waals surface area contributed by atoms with Gasteiger partial charge in [-0.25, -0.2) is 0 Å². The number of piperidine rings is 1. The molecule has 0 radical (unpaired) electrons. The number of hydrogen-bond donors (Lipinski definition) is 1. The first-order valence-corrected chi connectivity index (χ1v) is 16.4. The van der Waals surface area contributed by atoms with Crippen molar-refractivity contribution in [2.75, 3.05) is 19.6 Å². The van der Waals surface area contributed by atoms with E-state index < -0.39 is 17.1 Å². The third-order valence-electron chi connectivity index (χ3n) is 11.1. The number of nitrogens with zero attached hydrogens (tertiary/aromatic N) is 2. The Bertz CT molecular complexity index is 1580. The van der Waals surface area contributed by atoms with Crippen LogP contribution in [0.4, 0.5) is 0 Å². The maximum absolute atomic E-state index is 14.1. The van der Waals surface area contributed by atoms with Gasteiger partial charge in [-0.05, 0) is 106 Å². The monoisotopic (exact) mass is 596 g/mol. The fraction of sp³-hybridized carbons (Fsp3) is 0.568. The van der Waals surface area contributed by atoms with Crippen molar-refractivity contribution in [2.45, 2.75) is 102 Å². The van der Waals surface area contributed by atoms with Gasteiger partial charge in [-0.3, -0.25) is 14.5 Å². The van der Waals surface area contributed by atoms with E-state index in [0.717, 1.165) is 48.2 Å². The SMILES string of the molecule is CC(=O)O[C@@]12CC[C@@H](N(CC(C)C)C(=O)C#Cc3ccc(C)c(C)c3)[C@@H]3Oc4c(O)ccc5c4[C@@]31CCN(CC1CC1)[C@@H]2C5. The molecule has 2 aliphatic heterocycles. The molecule has 0 unspecified atom stereocenters. The number of likely N-dealkylation sites (tertiary alicyclic amines) is 1. The van der Waals surface area contributed by atoms with Crippen LogP contribution in [0, 0.1) is 37.5 Å². The fourth-order valence-electron chi connectivity index (χ4n) is 8.99. The third kappa shape index (κ3) is 4.43. The van der Waals surface area contributed by atoms with Crippen LogP contribution in [0.25, 0.3) is 0 Å². The molecule has 7 nitrogen and oxygen atoms in total. The summed E-state index contributed by atoms with van der Waals surface area (Å²) < 4.78 is 13.5. The highest BCUT2D eigenvalue weighted by atomic mass is 16.6. The van der Waals surface area contributed by atoms with Crippen LogP contribution in [0.3, 0.4) is 0 Å². The second kappa shape index (κ2) is 10.5. The Balaban J connectivity index is 1.33. The van der Waals surface area contributed by atoms with Gasteiger partial charge in [0.15, 0.2) is 11.5 Å². The van der Waals surface area contributed by atoms with Crippen LogP contribution in [-0.4, -0.2) is 70.2 Å². The second-order valence-corrected chi connectivity index (χ2v) is 14.4. The summed E-state index contributed by atoms with van der Waals surface area (Å²) in [7, 11) is 0. The number of hydrogen-bond acceptors (Lipinski definition) is 6. The van der Waals surface area contributed by atoms with Gasteiger partial charge in [-0.1, -0.05) is 31.9 Å². The molecule has 3 fully saturated rings. The minimum Gasteiger partial charge on any atom is -0.504 e. The zero-order chi connectivity index (χ0) is 31.0. The number of rotatable bonds is 6. The maximum Gasteiger partial charge on any atom is 0.303 e. The quantitative estimate of drug-likeness (QED) is 0.372. The number of aromatic hydroxyl groups is 1. The van der Waals surface area contributed by atoms with E-state index in [1.165, 1.54) is 25.3 Å².